The normalized spacial score (nSPS) is 16.4. The second-order valence-corrected chi connectivity index (χ2v) is 8.84. The average Bonchev–Trinajstić information content (AvgIpc) is 3.07. The van der Waals surface area contributed by atoms with Gasteiger partial charge in [0, 0.05) is 7.05 Å². The van der Waals surface area contributed by atoms with Crippen LogP contribution in [0.4, 0.5) is 0 Å². The molecule has 1 aromatic heterocycles. The molecule has 27 heavy (non-hydrogen) atoms. The number of benzene rings is 1. The molecule has 0 bridgehead atoms. The van der Waals surface area contributed by atoms with Crippen LogP contribution in [0.5, 0.6) is 0 Å². The van der Waals surface area contributed by atoms with Crippen LogP contribution in [0.25, 0.3) is 0 Å². The number of aryl methyl sites for hydroxylation is 1. The third-order valence-corrected chi connectivity index (χ3v) is 6.74. The molecule has 0 unspecified atom stereocenters. The number of furan rings is 1. The van der Waals surface area contributed by atoms with Gasteiger partial charge in [0.05, 0.1) is 37.6 Å². The number of hydrogen-bond donors (Lipinski definition) is 1. The van der Waals surface area contributed by atoms with Crippen LogP contribution in [-0.4, -0.2) is 63.3 Å². The zero-order valence-corrected chi connectivity index (χ0v) is 16.5. The number of hydrogen-bond acceptors (Lipinski definition) is 4. The van der Waals surface area contributed by atoms with Gasteiger partial charge in [0.1, 0.15) is 11.5 Å². The van der Waals surface area contributed by atoms with Crippen LogP contribution in [0, 0.1) is 6.92 Å². The molecule has 0 aliphatic carbocycles. The monoisotopic (exact) mass is 392 g/mol. The van der Waals surface area contributed by atoms with E-state index in [1.165, 1.54) is 4.31 Å². The molecule has 3 rings (SSSR count). The van der Waals surface area contributed by atoms with Gasteiger partial charge in [-0.25, -0.2) is 8.42 Å². The fourth-order valence-electron chi connectivity index (χ4n) is 3.20. The van der Waals surface area contributed by atoms with Crippen LogP contribution in [-0.2, 0) is 21.4 Å². The van der Waals surface area contributed by atoms with Gasteiger partial charge in [-0.05, 0) is 31.2 Å². The van der Waals surface area contributed by atoms with Crippen molar-refractivity contribution in [2.24, 2.45) is 0 Å². The molecule has 1 aliphatic heterocycles. The third-order valence-electron chi connectivity index (χ3n) is 4.83. The minimum absolute atomic E-state index is 0.0263. The zero-order valence-electron chi connectivity index (χ0n) is 15.7. The van der Waals surface area contributed by atoms with E-state index < -0.39 is 10.0 Å². The number of carbonyl (C=O) groups is 1. The maximum atomic E-state index is 12.7. The summed E-state index contributed by atoms with van der Waals surface area (Å²) in [7, 11) is -1.70. The van der Waals surface area contributed by atoms with Crippen LogP contribution in [0.2, 0.25) is 0 Å². The van der Waals surface area contributed by atoms with Gasteiger partial charge >= 0.3 is 0 Å². The number of rotatable bonds is 6. The van der Waals surface area contributed by atoms with Gasteiger partial charge in [-0.3, -0.25) is 4.79 Å². The smallest absolute Gasteiger partial charge is 0.277 e. The van der Waals surface area contributed by atoms with Gasteiger partial charge in [-0.15, -0.1) is 0 Å². The van der Waals surface area contributed by atoms with Crippen molar-refractivity contribution < 1.29 is 22.5 Å². The third kappa shape index (κ3) is 4.77. The summed E-state index contributed by atoms with van der Waals surface area (Å²) in [5.41, 5.74) is 0. The maximum absolute atomic E-state index is 12.7. The molecule has 8 heteroatoms. The summed E-state index contributed by atoms with van der Waals surface area (Å²) in [6.45, 7) is 4.74. The first-order valence-electron chi connectivity index (χ1n) is 9.04. The summed E-state index contributed by atoms with van der Waals surface area (Å²) in [5.74, 6) is 1.61. The van der Waals surface area contributed by atoms with E-state index in [1.807, 2.05) is 19.1 Å². The second-order valence-electron chi connectivity index (χ2n) is 6.91. The van der Waals surface area contributed by atoms with Crippen molar-refractivity contribution >= 4 is 15.9 Å². The molecular weight excluding hydrogens is 366 g/mol. The Bertz CT molecular complexity index is 871. The first-order valence-corrected chi connectivity index (χ1v) is 10.5. The summed E-state index contributed by atoms with van der Waals surface area (Å²) < 4.78 is 32.3. The Balaban J connectivity index is 1.51. The van der Waals surface area contributed by atoms with Crippen molar-refractivity contribution in [2.75, 3.05) is 39.8 Å². The van der Waals surface area contributed by atoms with Crippen molar-refractivity contribution in [1.29, 1.82) is 0 Å². The molecule has 1 fully saturated rings. The minimum atomic E-state index is -3.46. The Morgan fingerprint density at radius 2 is 1.81 bits per heavy atom. The molecule has 1 aliphatic rings. The molecule has 2 aromatic rings. The number of sulfonamides is 1. The molecule has 1 aromatic carbocycles. The summed E-state index contributed by atoms with van der Waals surface area (Å²) in [5, 5.41) is 0. The topological polar surface area (TPSA) is 75.3 Å². The summed E-state index contributed by atoms with van der Waals surface area (Å²) in [6.07, 6.45) is 0. The lowest BCUT2D eigenvalue weighted by atomic mass is 10.3. The molecular formula is C19H26N3O4S+. The van der Waals surface area contributed by atoms with E-state index in [-0.39, 0.29) is 5.91 Å². The number of amides is 1. The Kier molecular flexibility index (Phi) is 5.98. The number of likely N-dealkylation sites (N-methyl/N-ethyl adjacent to an activating group) is 1. The van der Waals surface area contributed by atoms with Crippen LogP contribution in [0.3, 0.4) is 0 Å². The van der Waals surface area contributed by atoms with E-state index >= 15 is 0 Å². The lowest BCUT2D eigenvalue weighted by Gasteiger charge is -2.31. The van der Waals surface area contributed by atoms with Gasteiger partial charge in [0.2, 0.25) is 10.0 Å². The minimum Gasteiger partial charge on any atom is -0.464 e. The predicted molar refractivity (Wildman–Crippen MR) is 101 cm³/mol. The van der Waals surface area contributed by atoms with Crippen LogP contribution < -0.4 is 4.90 Å². The summed E-state index contributed by atoms with van der Waals surface area (Å²) >= 11 is 0. The van der Waals surface area contributed by atoms with Crippen molar-refractivity contribution in [3.05, 3.63) is 54.0 Å². The highest BCUT2D eigenvalue weighted by atomic mass is 32.2. The lowest BCUT2D eigenvalue weighted by molar-refractivity contribution is -0.896. The van der Waals surface area contributed by atoms with E-state index in [2.05, 4.69) is 0 Å². The van der Waals surface area contributed by atoms with Crippen LogP contribution in [0.1, 0.15) is 11.5 Å². The maximum Gasteiger partial charge on any atom is 0.277 e. The predicted octanol–water partition coefficient (Wildman–Crippen LogP) is 0.136. The number of nitrogens with one attached hydrogen (secondary N) is 1. The molecule has 1 saturated heterocycles. The molecule has 0 saturated carbocycles. The number of piperazine rings is 1. The van der Waals surface area contributed by atoms with E-state index in [0.717, 1.165) is 16.4 Å². The van der Waals surface area contributed by atoms with Gasteiger partial charge in [-0.1, -0.05) is 18.2 Å². The highest BCUT2D eigenvalue weighted by Gasteiger charge is 2.31. The SMILES string of the molecule is Cc1ccc(CN(C)C(=O)C[NH+]2CCN(S(=O)(=O)c3ccccc3)CC2)o1. The highest BCUT2D eigenvalue weighted by Crippen LogP contribution is 2.14. The lowest BCUT2D eigenvalue weighted by Crippen LogP contribution is -3.15. The standard InChI is InChI=1S/C19H25N3O4S/c1-16-8-9-17(26-16)14-20(2)19(23)15-21-10-12-22(13-11-21)27(24,25)18-6-4-3-5-7-18/h3-9H,10-15H2,1-2H3/p+1. The fourth-order valence-corrected chi connectivity index (χ4v) is 4.66. The first kappa shape index (κ1) is 19.6. The molecule has 7 nitrogen and oxygen atoms in total. The van der Waals surface area contributed by atoms with E-state index in [9.17, 15) is 13.2 Å². The number of carbonyl (C=O) groups excluding carboxylic acids is 1. The quantitative estimate of drug-likeness (QED) is 0.759. The first-order chi connectivity index (χ1) is 12.9. The van der Waals surface area contributed by atoms with Gasteiger partial charge < -0.3 is 14.2 Å². The molecule has 1 N–H and O–H groups in total. The summed E-state index contributed by atoms with van der Waals surface area (Å²) in [6, 6.07) is 12.2. The fraction of sp³-hybridized carbons (Fsp3) is 0.421. The Labute approximate surface area is 160 Å². The van der Waals surface area contributed by atoms with Crippen LogP contribution >= 0.6 is 0 Å². The Hall–Kier alpha value is -2.16. The largest absolute Gasteiger partial charge is 0.464 e. The molecule has 146 valence electrons. The average molecular weight is 393 g/mol. The second kappa shape index (κ2) is 8.24. The zero-order chi connectivity index (χ0) is 19.4. The van der Waals surface area contributed by atoms with Crippen molar-refractivity contribution in [3.63, 3.8) is 0 Å². The van der Waals surface area contributed by atoms with Crippen molar-refractivity contribution in [1.82, 2.24) is 9.21 Å². The summed E-state index contributed by atoms with van der Waals surface area (Å²) in [4.78, 5) is 15.5. The van der Waals surface area contributed by atoms with E-state index in [0.29, 0.717) is 44.2 Å². The van der Waals surface area contributed by atoms with Crippen LogP contribution in [0.15, 0.2) is 51.8 Å². The molecule has 2 heterocycles. The Morgan fingerprint density at radius 3 is 2.41 bits per heavy atom. The Morgan fingerprint density at radius 1 is 1.15 bits per heavy atom. The van der Waals surface area contributed by atoms with Gasteiger partial charge in [0.15, 0.2) is 6.54 Å². The van der Waals surface area contributed by atoms with Gasteiger partial charge in [-0.2, -0.15) is 4.31 Å². The highest BCUT2D eigenvalue weighted by molar-refractivity contribution is 7.89. The number of nitrogens with zero attached hydrogens (tertiary/aromatic N) is 2. The van der Waals surface area contributed by atoms with Crippen molar-refractivity contribution in [2.45, 2.75) is 18.4 Å². The van der Waals surface area contributed by atoms with Gasteiger partial charge in [0.25, 0.3) is 5.91 Å². The molecule has 0 radical (unpaired) electrons. The van der Waals surface area contributed by atoms with E-state index in [4.69, 9.17) is 4.42 Å². The molecule has 0 spiro atoms. The number of quaternary nitrogens is 1. The molecule has 1 amide bonds. The van der Waals surface area contributed by atoms with Crippen molar-refractivity contribution in [3.8, 4) is 0 Å². The van der Waals surface area contributed by atoms with E-state index in [1.54, 1.807) is 42.3 Å². The molecule has 0 atom stereocenters.